The molecule has 5 rings (SSSR count). The van der Waals surface area contributed by atoms with Gasteiger partial charge in [0.2, 0.25) is 0 Å². The number of pyridine rings is 2. The zero-order valence-electron chi connectivity index (χ0n) is 15.1. The lowest BCUT2D eigenvalue weighted by Gasteiger charge is -2.15. The Labute approximate surface area is 159 Å². The second kappa shape index (κ2) is 6.12. The SMILES string of the molecule is Cc1ncccc1C(=O)N1Cc2nc3cc(-c4ccccn4)[nH]n3c(=O)c2C1. The van der Waals surface area contributed by atoms with Gasteiger partial charge < -0.3 is 4.90 Å². The minimum absolute atomic E-state index is 0.147. The summed E-state index contributed by atoms with van der Waals surface area (Å²) in [6, 6.07) is 10.9. The standard InChI is InChI=1S/C20H16N6O2/c1-12-13(5-4-8-21-12)19(27)25-10-14-17(11-25)23-18-9-16(24-26(18)20(14)28)15-6-2-3-7-22-15/h2-9,24H,10-11H2,1H3. The van der Waals surface area contributed by atoms with E-state index in [0.29, 0.717) is 40.4 Å². The van der Waals surface area contributed by atoms with Crippen LogP contribution in [0.5, 0.6) is 0 Å². The smallest absolute Gasteiger partial charge is 0.278 e. The van der Waals surface area contributed by atoms with Crippen LogP contribution in [0.4, 0.5) is 0 Å². The maximum Gasteiger partial charge on any atom is 0.278 e. The number of aromatic amines is 1. The van der Waals surface area contributed by atoms with Gasteiger partial charge in [0.15, 0.2) is 5.65 Å². The maximum absolute atomic E-state index is 13.0. The van der Waals surface area contributed by atoms with Gasteiger partial charge in [-0.2, -0.15) is 0 Å². The highest BCUT2D eigenvalue weighted by Crippen LogP contribution is 2.23. The zero-order valence-corrected chi connectivity index (χ0v) is 15.1. The van der Waals surface area contributed by atoms with Crippen LogP contribution in [0, 0.1) is 6.92 Å². The molecule has 0 bridgehead atoms. The lowest BCUT2D eigenvalue weighted by atomic mass is 10.2. The quantitative estimate of drug-likeness (QED) is 0.580. The molecule has 1 aliphatic heterocycles. The first-order valence-electron chi connectivity index (χ1n) is 8.87. The summed E-state index contributed by atoms with van der Waals surface area (Å²) in [5.41, 5.74) is 4.13. The monoisotopic (exact) mass is 372 g/mol. The van der Waals surface area contributed by atoms with E-state index < -0.39 is 0 Å². The van der Waals surface area contributed by atoms with Gasteiger partial charge in [-0.15, -0.1) is 0 Å². The molecule has 0 unspecified atom stereocenters. The van der Waals surface area contributed by atoms with Gasteiger partial charge in [-0.1, -0.05) is 6.07 Å². The number of aryl methyl sites for hydroxylation is 1. The molecule has 0 atom stereocenters. The number of hydrogen-bond donors (Lipinski definition) is 1. The molecule has 8 nitrogen and oxygen atoms in total. The number of fused-ring (bicyclic) bond motifs is 2. The molecular formula is C20H16N6O2. The van der Waals surface area contributed by atoms with Crippen LogP contribution in [0.15, 0.2) is 53.6 Å². The molecule has 138 valence electrons. The summed E-state index contributed by atoms with van der Waals surface area (Å²) in [7, 11) is 0. The maximum atomic E-state index is 13.0. The molecule has 28 heavy (non-hydrogen) atoms. The van der Waals surface area contributed by atoms with E-state index >= 15 is 0 Å². The minimum Gasteiger partial charge on any atom is -0.328 e. The topological polar surface area (TPSA) is 96.2 Å². The number of hydrogen-bond acceptors (Lipinski definition) is 5. The lowest BCUT2D eigenvalue weighted by molar-refractivity contribution is 0.0749. The van der Waals surface area contributed by atoms with Crippen LogP contribution in [-0.2, 0) is 13.1 Å². The van der Waals surface area contributed by atoms with E-state index in [1.807, 2.05) is 18.2 Å². The Morgan fingerprint density at radius 1 is 1.11 bits per heavy atom. The molecule has 1 N–H and O–H groups in total. The average Bonchev–Trinajstić information content (AvgIpc) is 3.34. The fraction of sp³-hybridized carbons (Fsp3) is 0.150. The summed E-state index contributed by atoms with van der Waals surface area (Å²) in [4.78, 5) is 40.5. The van der Waals surface area contributed by atoms with Crippen molar-refractivity contribution in [2.24, 2.45) is 0 Å². The molecule has 4 aromatic heterocycles. The highest BCUT2D eigenvalue weighted by molar-refractivity contribution is 5.95. The second-order valence-electron chi connectivity index (χ2n) is 6.72. The molecule has 0 aromatic carbocycles. The van der Waals surface area contributed by atoms with Crippen molar-refractivity contribution in [3.8, 4) is 11.4 Å². The number of amides is 1. The summed E-state index contributed by atoms with van der Waals surface area (Å²) in [6.07, 6.45) is 3.35. The van der Waals surface area contributed by atoms with Gasteiger partial charge in [-0.3, -0.25) is 24.7 Å². The van der Waals surface area contributed by atoms with Gasteiger partial charge in [0.1, 0.15) is 0 Å². The van der Waals surface area contributed by atoms with E-state index in [9.17, 15) is 9.59 Å². The molecule has 4 aromatic rings. The molecule has 8 heteroatoms. The molecule has 0 aliphatic carbocycles. The van der Waals surface area contributed by atoms with Crippen molar-refractivity contribution in [1.82, 2.24) is 29.5 Å². The number of carbonyl (C=O) groups excluding carboxylic acids is 1. The number of rotatable bonds is 2. The molecule has 0 saturated heterocycles. The molecule has 0 fully saturated rings. The molecule has 1 aliphatic rings. The summed E-state index contributed by atoms with van der Waals surface area (Å²) in [5.74, 6) is -0.147. The average molecular weight is 372 g/mol. The molecular weight excluding hydrogens is 356 g/mol. The molecule has 0 spiro atoms. The van der Waals surface area contributed by atoms with E-state index in [4.69, 9.17) is 0 Å². The molecule has 5 heterocycles. The van der Waals surface area contributed by atoms with Crippen molar-refractivity contribution in [1.29, 1.82) is 0 Å². The predicted octanol–water partition coefficient (Wildman–Crippen LogP) is 1.94. The normalized spacial score (nSPS) is 13.1. The molecule has 1 amide bonds. The third-order valence-electron chi connectivity index (χ3n) is 4.95. The van der Waals surface area contributed by atoms with Gasteiger partial charge in [-0.05, 0) is 31.2 Å². The van der Waals surface area contributed by atoms with Crippen molar-refractivity contribution in [3.05, 3.63) is 81.7 Å². The Morgan fingerprint density at radius 2 is 1.96 bits per heavy atom. The van der Waals surface area contributed by atoms with Crippen molar-refractivity contribution >= 4 is 11.6 Å². The Kier molecular flexibility index (Phi) is 3.58. The third-order valence-corrected chi connectivity index (χ3v) is 4.95. The molecule has 0 radical (unpaired) electrons. The first-order valence-corrected chi connectivity index (χ1v) is 8.87. The van der Waals surface area contributed by atoms with E-state index in [-0.39, 0.29) is 18.0 Å². The Hall–Kier alpha value is -3.81. The first-order chi connectivity index (χ1) is 13.6. The minimum atomic E-state index is -0.194. The Balaban J connectivity index is 1.52. The number of aromatic nitrogens is 5. The summed E-state index contributed by atoms with van der Waals surface area (Å²) in [5, 5.41) is 3.06. The first kappa shape index (κ1) is 16.4. The van der Waals surface area contributed by atoms with E-state index in [0.717, 1.165) is 5.69 Å². The van der Waals surface area contributed by atoms with Crippen LogP contribution in [0.1, 0.15) is 27.3 Å². The van der Waals surface area contributed by atoms with Crippen LogP contribution >= 0.6 is 0 Å². The highest BCUT2D eigenvalue weighted by atomic mass is 16.2. The predicted molar refractivity (Wildman–Crippen MR) is 102 cm³/mol. The number of carbonyl (C=O) groups is 1. The fourth-order valence-corrected chi connectivity index (χ4v) is 3.50. The van der Waals surface area contributed by atoms with Gasteiger partial charge in [0.05, 0.1) is 41.3 Å². The van der Waals surface area contributed by atoms with Crippen LogP contribution < -0.4 is 5.56 Å². The summed E-state index contributed by atoms with van der Waals surface area (Å²) in [6.45, 7) is 2.33. The van der Waals surface area contributed by atoms with Crippen molar-refractivity contribution in [2.75, 3.05) is 0 Å². The van der Waals surface area contributed by atoms with Crippen molar-refractivity contribution < 1.29 is 4.79 Å². The largest absolute Gasteiger partial charge is 0.328 e. The Bertz CT molecular complexity index is 1280. The van der Waals surface area contributed by atoms with Crippen molar-refractivity contribution in [2.45, 2.75) is 20.0 Å². The zero-order chi connectivity index (χ0) is 19.3. The van der Waals surface area contributed by atoms with E-state index in [1.165, 1.54) is 4.52 Å². The lowest BCUT2D eigenvalue weighted by Crippen LogP contribution is -2.27. The summed E-state index contributed by atoms with van der Waals surface area (Å²) < 4.78 is 1.41. The van der Waals surface area contributed by atoms with E-state index in [1.54, 1.807) is 42.4 Å². The fourth-order valence-electron chi connectivity index (χ4n) is 3.50. The number of nitrogens with zero attached hydrogens (tertiary/aromatic N) is 5. The van der Waals surface area contributed by atoms with Crippen LogP contribution in [0.2, 0.25) is 0 Å². The van der Waals surface area contributed by atoms with Gasteiger partial charge in [0.25, 0.3) is 11.5 Å². The Morgan fingerprint density at radius 3 is 2.75 bits per heavy atom. The number of nitrogens with one attached hydrogen (secondary N) is 1. The highest BCUT2D eigenvalue weighted by Gasteiger charge is 2.29. The number of H-pyrrole nitrogens is 1. The van der Waals surface area contributed by atoms with Crippen LogP contribution in [0.3, 0.4) is 0 Å². The van der Waals surface area contributed by atoms with Gasteiger partial charge >= 0.3 is 0 Å². The second-order valence-corrected chi connectivity index (χ2v) is 6.72. The van der Waals surface area contributed by atoms with E-state index in [2.05, 4.69) is 20.1 Å². The molecule has 0 saturated carbocycles. The van der Waals surface area contributed by atoms with Gasteiger partial charge in [0, 0.05) is 24.2 Å². The van der Waals surface area contributed by atoms with Crippen LogP contribution in [0.25, 0.3) is 17.0 Å². The van der Waals surface area contributed by atoms with Crippen LogP contribution in [-0.4, -0.2) is 35.4 Å². The van der Waals surface area contributed by atoms with Crippen molar-refractivity contribution in [3.63, 3.8) is 0 Å². The summed E-state index contributed by atoms with van der Waals surface area (Å²) >= 11 is 0. The van der Waals surface area contributed by atoms with Gasteiger partial charge in [-0.25, -0.2) is 9.50 Å². The third kappa shape index (κ3) is 2.50.